The van der Waals surface area contributed by atoms with Crippen LogP contribution >= 0.6 is 0 Å². The molecule has 1 aliphatic heterocycles. The summed E-state index contributed by atoms with van der Waals surface area (Å²) in [5, 5.41) is 13.6. The Labute approximate surface area is 87.1 Å². The second-order valence-electron chi connectivity index (χ2n) is 5.36. The average Bonchev–Trinajstić information content (AvgIpc) is 2.99. The normalized spacial score (nSPS) is 35.6. The summed E-state index contributed by atoms with van der Waals surface area (Å²) in [5.74, 6) is 1.82. The van der Waals surface area contributed by atoms with Crippen molar-refractivity contribution in [2.24, 2.45) is 11.8 Å². The molecule has 1 heterocycles. The van der Waals surface area contributed by atoms with Crippen LogP contribution in [0, 0.1) is 11.8 Å². The van der Waals surface area contributed by atoms with E-state index >= 15 is 0 Å². The standard InChI is InChI=1S/C12H23NO/c1-10(11-3-4-11)5-7-12(14)6-2-8-13-9-12/h10-11,13-14H,2-9H2,1H3. The maximum Gasteiger partial charge on any atom is 0.0772 e. The van der Waals surface area contributed by atoms with E-state index in [9.17, 15) is 5.11 Å². The molecule has 2 atom stereocenters. The molecule has 14 heavy (non-hydrogen) atoms. The van der Waals surface area contributed by atoms with Crippen LogP contribution in [0.2, 0.25) is 0 Å². The number of hydrogen-bond donors (Lipinski definition) is 2. The van der Waals surface area contributed by atoms with Crippen LogP contribution in [0.25, 0.3) is 0 Å². The summed E-state index contributed by atoms with van der Waals surface area (Å²) >= 11 is 0. The zero-order valence-electron chi connectivity index (χ0n) is 9.26. The Bertz CT molecular complexity index is 183. The van der Waals surface area contributed by atoms with Crippen molar-refractivity contribution in [3.63, 3.8) is 0 Å². The van der Waals surface area contributed by atoms with Crippen LogP contribution in [0.5, 0.6) is 0 Å². The summed E-state index contributed by atoms with van der Waals surface area (Å²) in [5.41, 5.74) is -0.387. The van der Waals surface area contributed by atoms with Crippen LogP contribution < -0.4 is 5.32 Å². The Hall–Kier alpha value is -0.0800. The molecule has 0 radical (unpaired) electrons. The molecule has 0 spiro atoms. The maximum absolute atomic E-state index is 10.3. The van der Waals surface area contributed by atoms with Gasteiger partial charge in [-0.15, -0.1) is 0 Å². The second kappa shape index (κ2) is 4.19. The quantitative estimate of drug-likeness (QED) is 0.722. The van der Waals surface area contributed by atoms with E-state index in [1.807, 2.05) is 0 Å². The molecular weight excluding hydrogens is 174 g/mol. The molecule has 2 nitrogen and oxygen atoms in total. The van der Waals surface area contributed by atoms with Gasteiger partial charge in [-0.1, -0.05) is 6.92 Å². The second-order valence-corrected chi connectivity index (χ2v) is 5.36. The molecule has 1 saturated heterocycles. The molecule has 1 aliphatic carbocycles. The number of hydrogen-bond acceptors (Lipinski definition) is 2. The first kappa shape index (κ1) is 10.4. The van der Waals surface area contributed by atoms with Crippen molar-refractivity contribution in [3.8, 4) is 0 Å². The van der Waals surface area contributed by atoms with E-state index in [0.29, 0.717) is 0 Å². The summed E-state index contributed by atoms with van der Waals surface area (Å²) < 4.78 is 0. The van der Waals surface area contributed by atoms with E-state index in [2.05, 4.69) is 12.2 Å². The van der Waals surface area contributed by atoms with Crippen LogP contribution in [0.3, 0.4) is 0 Å². The lowest BCUT2D eigenvalue weighted by molar-refractivity contribution is 0.00299. The van der Waals surface area contributed by atoms with Crippen molar-refractivity contribution >= 4 is 0 Å². The molecule has 2 unspecified atom stereocenters. The molecule has 0 aromatic rings. The first-order valence-electron chi connectivity index (χ1n) is 6.13. The Kier molecular flexibility index (Phi) is 3.13. The van der Waals surface area contributed by atoms with Gasteiger partial charge in [0.1, 0.15) is 0 Å². The van der Waals surface area contributed by atoms with Gasteiger partial charge in [-0.2, -0.15) is 0 Å². The maximum atomic E-state index is 10.3. The minimum absolute atomic E-state index is 0.387. The average molecular weight is 197 g/mol. The fourth-order valence-corrected chi connectivity index (χ4v) is 2.56. The van der Waals surface area contributed by atoms with Gasteiger partial charge in [-0.05, 0) is 56.9 Å². The van der Waals surface area contributed by atoms with E-state index in [-0.39, 0.29) is 5.60 Å². The van der Waals surface area contributed by atoms with Gasteiger partial charge in [0, 0.05) is 6.54 Å². The number of aliphatic hydroxyl groups is 1. The highest BCUT2D eigenvalue weighted by Crippen LogP contribution is 2.39. The first-order chi connectivity index (χ1) is 6.70. The van der Waals surface area contributed by atoms with Gasteiger partial charge < -0.3 is 10.4 Å². The smallest absolute Gasteiger partial charge is 0.0772 e. The van der Waals surface area contributed by atoms with Crippen molar-refractivity contribution in [1.82, 2.24) is 5.32 Å². The van der Waals surface area contributed by atoms with Gasteiger partial charge in [0.2, 0.25) is 0 Å². The molecular formula is C12H23NO. The molecule has 2 aliphatic rings. The zero-order valence-corrected chi connectivity index (χ0v) is 9.26. The third-order valence-electron chi connectivity index (χ3n) is 3.94. The van der Waals surface area contributed by atoms with Crippen molar-refractivity contribution in [1.29, 1.82) is 0 Å². The molecule has 1 saturated carbocycles. The minimum Gasteiger partial charge on any atom is -0.389 e. The van der Waals surface area contributed by atoms with E-state index < -0.39 is 0 Å². The Morgan fingerprint density at radius 3 is 2.86 bits per heavy atom. The number of rotatable bonds is 4. The molecule has 2 N–H and O–H groups in total. The van der Waals surface area contributed by atoms with Crippen LogP contribution in [-0.4, -0.2) is 23.8 Å². The SMILES string of the molecule is CC(CCC1(O)CCCNC1)C1CC1. The summed E-state index contributed by atoms with van der Waals surface area (Å²) in [6.07, 6.45) is 7.20. The highest BCUT2D eigenvalue weighted by Gasteiger charge is 2.32. The van der Waals surface area contributed by atoms with Gasteiger partial charge >= 0.3 is 0 Å². The highest BCUT2D eigenvalue weighted by atomic mass is 16.3. The van der Waals surface area contributed by atoms with E-state index in [1.165, 1.54) is 19.3 Å². The molecule has 2 fully saturated rings. The fraction of sp³-hybridized carbons (Fsp3) is 1.00. The third-order valence-corrected chi connectivity index (χ3v) is 3.94. The van der Waals surface area contributed by atoms with E-state index in [0.717, 1.165) is 44.2 Å². The van der Waals surface area contributed by atoms with Crippen LogP contribution in [0.4, 0.5) is 0 Å². The number of β-amino-alcohol motifs (C(OH)–C–C–N with tert-alkyl or cyclic N) is 1. The van der Waals surface area contributed by atoms with Crippen molar-refractivity contribution in [3.05, 3.63) is 0 Å². The Morgan fingerprint density at radius 1 is 1.50 bits per heavy atom. The highest BCUT2D eigenvalue weighted by molar-refractivity contribution is 4.87. The Morgan fingerprint density at radius 2 is 2.29 bits per heavy atom. The number of nitrogens with one attached hydrogen (secondary N) is 1. The van der Waals surface area contributed by atoms with Crippen LogP contribution in [-0.2, 0) is 0 Å². The molecule has 0 aromatic carbocycles. The summed E-state index contributed by atoms with van der Waals surface area (Å²) in [4.78, 5) is 0. The first-order valence-corrected chi connectivity index (χ1v) is 6.13. The summed E-state index contributed by atoms with van der Waals surface area (Å²) in [7, 11) is 0. The van der Waals surface area contributed by atoms with E-state index in [4.69, 9.17) is 0 Å². The molecule has 2 rings (SSSR count). The van der Waals surface area contributed by atoms with Crippen molar-refractivity contribution in [2.45, 2.75) is 51.0 Å². The lowest BCUT2D eigenvalue weighted by Crippen LogP contribution is -2.45. The lowest BCUT2D eigenvalue weighted by Gasteiger charge is -2.33. The molecule has 0 bridgehead atoms. The van der Waals surface area contributed by atoms with Crippen LogP contribution in [0.15, 0.2) is 0 Å². The molecule has 2 heteroatoms. The third kappa shape index (κ3) is 2.71. The van der Waals surface area contributed by atoms with Gasteiger partial charge in [-0.25, -0.2) is 0 Å². The Balaban J connectivity index is 1.71. The van der Waals surface area contributed by atoms with Crippen molar-refractivity contribution < 1.29 is 5.11 Å². The largest absolute Gasteiger partial charge is 0.389 e. The van der Waals surface area contributed by atoms with Gasteiger partial charge in [-0.3, -0.25) is 0 Å². The zero-order chi connectivity index (χ0) is 10.0. The van der Waals surface area contributed by atoms with Crippen molar-refractivity contribution in [2.75, 3.05) is 13.1 Å². The van der Waals surface area contributed by atoms with Crippen LogP contribution in [0.1, 0.15) is 45.4 Å². The fourth-order valence-electron chi connectivity index (χ4n) is 2.56. The monoisotopic (exact) mass is 197 g/mol. The molecule has 82 valence electrons. The minimum atomic E-state index is -0.387. The summed E-state index contributed by atoms with van der Waals surface area (Å²) in [6, 6.07) is 0. The van der Waals surface area contributed by atoms with Gasteiger partial charge in [0.25, 0.3) is 0 Å². The predicted octanol–water partition coefficient (Wildman–Crippen LogP) is 1.93. The number of piperidine rings is 1. The topological polar surface area (TPSA) is 32.3 Å². The predicted molar refractivity (Wildman–Crippen MR) is 58.2 cm³/mol. The van der Waals surface area contributed by atoms with Gasteiger partial charge in [0.15, 0.2) is 0 Å². The van der Waals surface area contributed by atoms with Gasteiger partial charge in [0.05, 0.1) is 5.60 Å². The van der Waals surface area contributed by atoms with E-state index in [1.54, 1.807) is 0 Å². The summed E-state index contributed by atoms with van der Waals surface area (Å²) in [6.45, 7) is 4.24. The molecule has 0 aromatic heterocycles. The lowest BCUT2D eigenvalue weighted by atomic mass is 9.86. The molecule has 0 amide bonds.